The van der Waals surface area contributed by atoms with E-state index in [0.717, 1.165) is 11.8 Å². The second-order valence-corrected chi connectivity index (χ2v) is 4.35. The van der Waals surface area contributed by atoms with Crippen LogP contribution in [0.15, 0.2) is 16.8 Å². The molecule has 114 valence electrons. The Morgan fingerprint density at radius 1 is 1.52 bits per heavy atom. The van der Waals surface area contributed by atoms with Crippen LogP contribution in [0.4, 0.5) is 19.3 Å². The molecule has 0 saturated heterocycles. The molecule has 0 radical (unpaired) electrons. The number of hydrogen-bond donors (Lipinski definition) is 2. The van der Waals surface area contributed by atoms with E-state index in [2.05, 4.69) is 25.4 Å². The van der Waals surface area contributed by atoms with Crippen molar-refractivity contribution in [2.75, 3.05) is 5.32 Å². The zero-order valence-corrected chi connectivity index (χ0v) is 11.6. The van der Waals surface area contributed by atoms with E-state index in [4.69, 9.17) is 0 Å². The van der Waals surface area contributed by atoms with Gasteiger partial charge in [-0.05, 0) is 6.42 Å². The van der Waals surface area contributed by atoms with Crippen LogP contribution in [0.3, 0.4) is 0 Å². The summed E-state index contributed by atoms with van der Waals surface area (Å²) >= 11 is 0. The van der Waals surface area contributed by atoms with Gasteiger partial charge in [0.2, 0.25) is 5.76 Å². The van der Waals surface area contributed by atoms with Gasteiger partial charge in [-0.2, -0.15) is 5.10 Å². The maximum Gasteiger partial charge on any atom is 0.319 e. The smallest absolute Gasteiger partial charge is 0.319 e. The maximum absolute atomic E-state index is 12.3. The summed E-state index contributed by atoms with van der Waals surface area (Å²) in [5.74, 6) is -0.521. The zero-order valence-electron chi connectivity index (χ0n) is 11.6. The van der Waals surface area contributed by atoms with Crippen molar-refractivity contribution < 1.29 is 18.1 Å². The van der Waals surface area contributed by atoms with Crippen molar-refractivity contribution in [2.24, 2.45) is 7.05 Å². The molecule has 0 aliphatic rings. The number of anilines is 1. The van der Waals surface area contributed by atoms with Gasteiger partial charge in [0, 0.05) is 19.3 Å². The van der Waals surface area contributed by atoms with Gasteiger partial charge in [-0.3, -0.25) is 4.68 Å². The molecule has 0 bridgehead atoms. The first-order valence-electron chi connectivity index (χ1n) is 6.30. The van der Waals surface area contributed by atoms with Gasteiger partial charge in [-0.25, -0.2) is 13.6 Å². The van der Waals surface area contributed by atoms with E-state index in [1.165, 1.54) is 0 Å². The first kappa shape index (κ1) is 14.9. The van der Waals surface area contributed by atoms with Crippen molar-refractivity contribution in [2.45, 2.75) is 26.3 Å². The summed E-state index contributed by atoms with van der Waals surface area (Å²) in [6, 6.07) is 0.631. The number of halogens is 2. The Morgan fingerprint density at radius 3 is 2.90 bits per heavy atom. The monoisotopic (exact) mass is 299 g/mol. The molecule has 2 aromatic rings. The van der Waals surface area contributed by atoms with E-state index < -0.39 is 18.2 Å². The van der Waals surface area contributed by atoms with E-state index in [0.29, 0.717) is 12.1 Å². The molecule has 0 aliphatic heterocycles. The molecule has 9 heteroatoms. The Hall–Kier alpha value is -2.45. The third-order valence-corrected chi connectivity index (χ3v) is 2.71. The highest BCUT2D eigenvalue weighted by Crippen LogP contribution is 2.19. The molecule has 0 unspecified atom stereocenters. The molecule has 0 aromatic carbocycles. The molecule has 2 N–H and O–H groups in total. The number of urea groups is 1. The Bertz CT molecular complexity index is 623. The lowest BCUT2D eigenvalue weighted by molar-refractivity contribution is 0.112. The number of aryl methyl sites for hydroxylation is 2. The Morgan fingerprint density at radius 2 is 2.29 bits per heavy atom. The van der Waals surface area contributed by atoms with Gasteiger partial charge in [0.15, 0.2) is 0 Å². The van der Waals surface area contributed by atoms with Gasteiger partial charge in [0.25, 0.3) is 6.43 Å². The fourth-order valence-corrected chi connectivity index (χ4v) is 1.75. The summed E-state index contributed by atoms with van der Waals surface area (Å²) in [6.45, 7) is 1.91. The average molecular weight is 299 g/mol. The van der Waals surface area contributed by atoms with E-state index in [9.17, 15) is 13.6 Å². The molecular weight excluding hydrogens is 284 g/mol. The molecule has 0 fully saturated rings. The summed E-state index contributed by atoms with van der Waals surface area (Å²) in [7, 11) is 1.75. The zero-order chi connectivity index (χ0) is 15.4. The maximum atomic E-state index is 12.3. The summed E-state index contributed by atoms with van der Waals surface area (Å²) < 4.78 is 30.6. The van der Waals surface area contributed by atoms with Crippen LogP contribution in [0.2, 0.25) is 0 Å². The van der Waals surface area contributed by atoms with Gasteiger partial charge < -0.3 is 15.2 Å². The first-order valence-corrected chi connectivity index (χ1v) is 6.30. The van der Waals surface area contributed by atoms with Gasteiger partial charge >= 0.3 is 6.03 Å². The third kappa shape index (κ3) is 3.77. The summed E-state index contributed by atoms with van der Waals surface area (Å²) in [6.07, 6.45) is -0.358. The van der Waals surface area contributed by atoms with Crippen LogP contribution >= 0.6 is 0 Å². The van der Waals surface area contributed by atoms with Crippen molar-refractivity contribution in [3.05, 3.63) is 29.4 Å². The van der Waals surface area contributed by atoms with Crippen LogP contribution < -0.4 is 10.6 Å². The fraction of sp³-hybridized carbons (Fsp3) is 0.417. The molecule has 7 nitrogen and oxygen atoms in total. The fourth-order valence-electron chi connectivity index (χ4n) is 1.75. The molecule has 0 atom stereocenters. The van der Waals surface area contributed by atoms with Crippen molar-refractivity contribution >= 4 is 11.7 Å². The lowest BCUT2D eigenvalue weighted by Crippen LogP contribution is -2.28. The number of nitrogens with one attached hydrogen (secondary N) is 2. The predicted molar refractivity (Wildman–Crippen MR) is 69.9 cm³/mol. The molecule has 2 heterocycles. The van der Waals surface area contributed by atoms with Crippen molar-refractivity contribution in [1.82, 2.24) is 20.3 Å². The van der Waals surface area contributed by atoms with Crippen LogP contribution in [-0.4, -0.2) is 21.0 Å². The van der Waals surface area contributed by atoms with Gasteiger partial charge in [0.05, 0.1) is 17.9 Å². The molecule has 0 aliphatic carbocycles. The summed E-state index contributed by atoms with van der Waals surface area (Å²) in [5.41, 5.74) is 1.59. The van der Waals surface area contributed by atoms with Crippen LogP contribution in [0.5, 0.6) is 0 Å². The van der Waals surface area contributed by atoms with E-state index in [1.54, 1.807) is 17.9 Å². The minimum atomic E-state index is -2.72. The average Bonchev–Trinajstić information content (AvgIpc) is 3.03. The number of carbonyl (C=O) groups excluding carboxylic acids is 1. The van der Waals surface area contributed by atoms with Gasteiger partial charge in [-0.15, -0.1) is 0 Å². The third-order valence-electron chi connectivity index (χ3n) is 2.71. The quantitative estimate of drug-likeness (QED) is 0.886. The minimum Gasteiger partial charge on any atom is -0.355 e. The van der Waals surface area contributed by atoms with E-state index in [1.807, 2.05) is 6.92 Å². The van der Waals surface area contributed by atoms with Crippen molar-refractivity contribution in [3.8, 4) is 0 Å². The number of rotatable bonds is 5. The molecule has 2 amide bonds. The Labute approximate surface area is 119 Å². The highest BCUT2D eigenvalue weighted by atomic mass is 19.3. The highest BCUT2D eigenvalue weighted by Gasteiger charge is 2.15. The highest BCUT2D eigenvalue weighted by molar-refractivity contribution is 5.89. The largest absolute Gasteiger partial charge is 0.355 e. The predicted octanol–water partition coefficient (Wildman–Crippen LogP) is 2.23. The summed E-state index contributed by atoms with van der Waals surface area (Å²) in [5, 5.41) is 12.8. The molecule has 21 heavy (non-hydrogen) atoms. The van der Waals surface area contributed by atoms with Crippen molar-refractivity contribution in [1.29, 1.82) is 0 Å². The van der Waals surface area contributed by atoms with Crippen LogP contribution in [0.1, 0.15) is 30.5 Å². The molecular formula is C12H15F2N5O2. The van der Waals surface area contributed by atoms with E-state index >= 15 is 0 Å². The number of aromatic nitrogens is 3. The van der Waals surface area contributed by atoms with Crippen LogP contribution in [0, 0.1) is 0 Å². The van der Waals surface area contributed by atoms with Gasteiger partial charge in [-0.1, -0.05) is 12.1 Å². The SMILES string of the molecule is CCc1nn(C)cc1NC(=O)NCc1cc(C(F)F)on1. The lowest BCUT2D eigenvalue weighted by atomic mass is 10.3. The number of amides is 2. The van der Waals surface area contributed by atoms with Crippen LogP contribution in [0.25, 0.3) is 0 Å². The number of carbonyl (C=O) groups is 1. The molecule has 0 saturated carbocycles. The van der Waals surface area contributed by atoms with Crippen LogP contribution in [-0.2, 0) is 20.0 Å². The normalized spacial score (nSPS) is 10.9. The Balaban J connectivity index is 1.89. The Kier molecular flexibility index (Phi) is 4.51. The van der Waals surface area contributed by atoms with E-state index in [-0.39, 0.29) is 12.2 Å². The topological polar surface area (TPSA) is 85.0 Å². The van der Waals surface area contributed by atoms with Gasteiger partial charge in [0.1, 0.15) is 5.69 Å². The molecule has 2 rings (SSSR count). The second kappa shape index (κ2) is 6.33. The second-order valence-electron chi connectivity index (χ2n) is 4.35. The molecule has 0 spiro atoms. The summed E-state index contributed by atoms with van der Waals surface area (Å²) in [4.78, 5) is 11.7. The standard InChI is InChI=1S/C12H15F2N5O2/c1-3-8-9(6-19(2)17-8)16-12(20)15-5-7-4-10(11(13)14)21-18-7/h4,6,11H,3,5H2,1-2H3,(H2,15,16,20). The number of alkyl halides is 2. The first-order chi connectivity index (χ1) is 9.99. The van der Waals surface area contributed by atoms with Crippen molar-refractivity contribution in [3.63, 3.8) is 0 Å². The number of nitrogens with zero attached hydrogens (tertiary/aromatic N) is 3. The minimum absolute atomic E-state index is 0.0101. The number of hydrogen-bond acceptors (Lipinski definition) is 4. The molecule has 2 aromatic heterocycles. The lowest BCUT2D eigenvalue weighted by Gasteiger charge is -2.05.